The zero-order valence-electron chi connectivity index (χ0n) is 12.9. The molecule has 0 aliphatic carbocycles. The Labute approximate surface area is 125 Å². The molecule has 0 amide bonds. The number of fused-ring (bicyclic) bond motifs is 1. The molecule has 2 rings (SSSR count). The summed E-state index contributed by atoms with van der Waals surface area (Å²) in [5.41, 5.74) is 2.12. The van der Waals surface area contributed by atoms with Crippen molar-refractivity contribution in [1.29, 1.82) is 0 Å². The van der Waals surface area contributed by atoms with E-state index in [2.05, 4.69) is 56.1 Å². The van der Waals surface area contributed by atoms with E-state index in [-0.39, 0.29) is 10.8 Å². The maximum Gasteiger partial charge on any atom is 0.152 e. The summed E-state index contributed by atoms with van der Waals surface area (Å²) in [6, 6.07) is 2.10. The van der Waals surface area contributed by atoms with Crippen LogP contribution in [0.15, 0.2) is 18.5 Å². The van der Waals surface area contributed by atoms with Crippen LogP contribution in [-0.4, -0.2) is 27.0 Å². The lowest BCUT2D eigenvalue weighted by atomic mass is 9.92. The first kappa shape index (κ1) is 15.1. The zero-order valence-corrected chi connectivity index (χ0v) is 13.6. The number of nitrogens with zero attached hydrogens (tertiary/aromatic N) is 3. The van der Waals surface area contributed by atoms with Crippen molar-refractivity contribution in [2.24, 2.45) is 5.41 Å². The molecule has 0 aliphatic heterocycles. The van der Waals surface area contributed by atoms with E-state index in [1.165, 1.54) is 0 Å². The highest BCUT2D eigenvalue weighted by molar-refractivity contribution is 6.18. The minimum Gasteiger partial charge on any atom is -0.368 e. The maximum absolute atomic E-state index is 5.96. The third-order valence-electron chi connectivity index (χ3n) is 3.25. The van der Waals surface area contributed by atoms with E-state index in [9.17, 15) is 0 Å². The predicted molar refractivity (Wildman–Crippen MR) is 84.7 cm³/mol. The van der Waals surface area contributed by atoms with Gasteiger partial charge in [0.15, 0.2) is 5.82 Å². The van der Waals surface area contributed by atoms with Gasteiger partial charge in [-0.1, -0.05) is 34.6 Å². The van der Waals surface area contributed by atoms with Crippen molar-refractivity contribution in [3.8, 4) is 0 Å². The summed E-state index contributed by atoms with van der Waals surface area (Å²) in [5, 5.41) is 8.01. The molecule has 110 valence electrons. The summed E-state index contributed by atoms with van der Waals surface area (Å²) in [4.78, 5) is 4.42. The van der Waals surface area contributed by atoms with E-state index in [0.717, 1.165) is 23.6 Å². The lowest BCUT2D eigenvalue weighted by Gasteiger charge is -2.22. The van der Waals surface area contributed by atoms with Crippen LogP contribution in [0.3, 0.4) is 0 Å². The number of anilines is 1. The lowest BCUT2D eigenvalue weighted by molar-refractivity contribution is 0.450. The van der Waals surface area contributed by atoms with Gasteiger partial charge in [0.1, 0.15) is 5.52 Å². The quantitative estimate of drug-likeness (QED) is 0.874. The molecule has 2 aromatic rings. The first-order valence-corrected chi connectivity index (χ1v) is 7.41. The number of aromatic nitrogens is 3. The number of halogens is 1. The highest BCUT2D eigenvalue weighted by Crippen LogP contribution is 2.25. The normalized spacial score (nSPS) is 12.9. The van der Waals surface area contributed by atoms with Crippen molar-refractivity contribution in [3.63, 3.8) is 0 Å². The standard InChI is InChI=1S/C15H23ClN4/c1-14(2,3)12-8-11-13(17-6-7-20(11)19-12)18-10-15(4,5)9-16/h6-8H,9-10H2,1-5H3,(H,17,18). The Balaban J connectivity index is 2.32. The van der Waals surface area contributed by atoms with Crippen LogP contribution < -0.4 is 5.32 Å². The van der Waals surface area contributed by atoms with Crippen LogP contribution in [0, 0.1) is 5.41 Å². The highest BCUT2D eigenvalue weighted by atomic mass is 35.5. The molecule has 0 aliphatic rings. The molecule has 1 N–H and O–H groups in total. The molecule has 0 bridgehead atoms. The zero-order chi connectivity index (χ0) is 15.0. The van der Waals surface area contributed by atoms with Crippen molar-refractivity contribution in [2.45, 2.75) is 40.0 Å². The molecule has 0 saturated heterocycles. The SMILES string of the molecule is CC(C)(CCl)CNc1nccn2nc(C(C)(C)C)cc12. The van der Waals surface area contributed by atoms with Gasteiger partial charge in [-0.3, -0.25) is 0 Å². The fourth-order valence-corrected chi connectivity index (χ4v) is 1.89. The molecule has 5 heteroatoms. The summed E-state index contributed by atoms with van der Waals surface area (Å²) >= 11 is 5.96. The molecule has 0 spiro atoms. The number of nitrogens with one attached hydrogen (secondary N) is 1. The molecule has 0 radical (unpaired) electrons. The molecular formula is C15H23ClN4. The van der Waals surface area contributed by atoms with E-state index in [1.54, 1.807) is 6.20 Å². The van der Waals surface area contributed by atoms with Crippen molar-refractivity contribution >= 4 is 22.9 Å². The van der Waals surface area contributed by atoms with Crippen molar-refractivity contribution in [2.75, 3.05) is 17.7 Å². The average Bonchev–Trinajstić information content (AvgIpc) is 2.80. The fourth-order valence-electron chi connectivity index (χ4n) is 1.80. The Hall–Kier alpha value is -1.29. The Morgan fingerprint density at radius 1 is 1.25 bits per heavy atom. The first-order chi connectivity index (χ1) is 9.23. The third-order valence-corrected chi connectivity index (χ3v) is 3.98. The van der Waals surface area contributed by atoms with Crippen LogP contribution in [0.25, 0.3) is 5.52 Å². The molecule has 0 unspecified atom stereocenters. The second-order valence-electron chi connectivity index (χ2n) is 7.04. The van der Waals surface area contributed by atoms with Gasteiger partial charge in [0.05, 0.1) is 5.69 Å². The van der Waals surface area contributed by atoms with Gasteiger partial charge in [0.25, 0.3) is 0 Å². The van der Waals surface area contributed by atoms with Crippen LogP contribution in [0.4, 0.5) is 5.82 Å². The average molecular weight is 295 g/mol. The molecule has 0 aromatic carbocycles. The molecule has 20 heavy (non-hydrogen) atoms. The number of rotatable bonds is 4. The molecule has 0 saturated carbocycles. The molecule has 2 heterocycles. The summed E-state index contributed by atoms with van der Waals surface area (Å²) < 4.78 is 1.88. The van der Waals surface area contributed by atoms with E-state index in [0.29, 0.717) is 5.88 Å². The minimum absolute atomic E-state index is 0.0265. The summed E-state index contributed by atoms with van der Waals surface area (Å²) in [7, 11) is 0. The predicted octanol–water partition coefficient (Wildman–Crippen LogP) is 3.70. The Morgan fingerprint density at radius 2 is 1.95 bits per heavy atom. The first-order valence-electron chi connectivity index (χ1n) is 6.88. The Bertz CT molecular complexity index is 595. The van der Waals surface area contributed by atoms with Gasteiger partial charge in [-0.25, -0.2) is 9.50 Å². The van der Waals surface area contributed by atoms with Gasteiger partial charge in [0, 0.05) is 30.2 Å². The van der Waals surface area contributed by atoms with Crippen LogP contribution in [-0.2, 0) is 5.41 Å². The van der Waals surface area contributed by atoms with Gasteiger partial charge in [0.2, 0.25) is 0 Å². The molecular weight excluding hydrogens is 272 g/mol. The monoisotopic (exact) mass is 294 g/mol. The Kier molecular flexibility index (Phi) is 3.96. The van der Waals surface area contributed by atoms with Gasteiger partial charge < -0.3 is 5.32 Å². The van der Waals surface area contributed by atoms with Crippen LogP contribution >= 0.6 is 11.6 Å². The highest BCUT2D eigenvalue weighted by Gasteiger charge is 2.20. The smallest absolute Gasteiger partial charge is 0.152 e. The molecule has 4 nitrogen and oxygen atoms in total. The lowest BCUT2D eigenvalue weighted by Crippen LogP contribution is -2.25. The van der Waals surface area contributed by atoms with Crippen LogP contribution in [0.2, 0.25) is 0 Å². The van der Waals surface area contributed by atoms with Gasteiger partial charge >= 0.3 is 0 Å². The fraction of sp³-hybridized carbons (Fsp3) is 0.600. The second kappa shape index (κ2) is 5.24. The molecule has 0 atom stereocenters. The largest absolute Gasteiger partial charge is 0.368 e. The maximum atomic E-state index is 5.96. The van der Waals surface area contributed by atoms with Crippen molar-refractivity contribution in [3.05, 3.63) is 24.2 Å². The van der Waals surface area contributed by atoms with Crippen molar-refractivity contribution < 1.29 is 0 Å². The minimum atomic E-state index is 0.0265. The number of alkyl halides is 1. The van der Waals surface area contributed by atoms with Gasteiger partial charge in [-0.2, -0.15) is 5.10 Å². The van der Waals surface area contributed by atoms with Crippen LogP contribution in [0.5, 0.6) is 0 Å². The van der Waals surface area contributed by atoms with Gasteiger partial charge in [-0.15, -0.1) is 11.6 Å². The second-order valence-corrected chi connectivity index (χ2v) is 7.30. The van der Waals surface area contributed by atoms with Crippen LogP contribution in [0.1, 0.15) is 40.3 Å². The summed E-state index contributed by atoms with van der Waals surface area (Å²) in [6.07, 6.45) is 3.64. The van der Waals surface area contributed by atoms with Gasteiger partial charge in [-0.05, 0) is 11.5 Å². The summed E-state index contributed by atoms with van der Waals surface area (Å²) in [6.45, 7) is 11.5. The topological polar surface area (TPSA) is 42.2 Å². The van der Waals surface area contributed by atoms with E-state index >= 15 is 0 Å². The summed E-state index contributed by atoms with van der Waals surface area (Å²) in [5.74, 6) is 1.46. The number of hydrogen-bond donors (Lipinski definition) is 1. The van der Waals surface area contributed by atoms with E-state index < -0.39 is 0 Å². The Morgan fingerprint density at radius 3 is 2.55 bits per heavy atom. The third kappa shape index (κ3) is 3.23. The van der Waals surface area contributed by atoms with Crippen molar-refractivity contribution in [1.82, 2.24) is 14.6 Å². The number of hydrogen-bond acceptors (Lipinski definition) is 3. The van der Waals surface area contributed by atoms with E-state index in [4.69, 9.17) is 11.6 Å². The molecule has 2 aromatic heterocycles. The molecule has 0 fully saturated rings. The van der Waals surface area contributed by atoms with E-state index in [1.807, 2.05) is 10.7 Å².